The van der Waals surface area contributed by atoms with Crippen LogP contribution in [-0.4, -0.2) is 30.1 Å². The summed E-state index contributed by atoms with van der Waals surface area (Å²) < 4.78 is 0. The van der Waals surface area contributed by atoms with E-state index >= 15 is 0 Å². The van der Waals surface area contributed by atoms with Crippen LogP contribution in [0.5, 0.6) is 0 Å². The summed E-state index contributed by atoms with van der Waals surface area (Å²) in [7, 11) is 0. The molecule has 0 bridgehead atoms. The van der Waals surface area contributed by atoms with Crippen LogP contribution in [0.15, 0.2) is 0 Å². The average Bonchev–Trinajstić information content (AvgIpc) is 2.34. The van der Waals surface area contributed by atoms with Crippen molar-refractivity contribution in [2.75, 3.05) is 13.1 Å². The highest BCUT2D eigenvalue weighted by molar-refractivity contribution is 4.79. The molecule has 2 N–H and O–H groups in total. The second kappa shape index (κ2) is 8.10. The molecule has 0 amide bonds. The topological polar surface area (TPSA) is 29.3 Å². The smallest absolute Gasteiger partial charge is 0.0223 e. The molecule has 17 heavy (non-hydrogen) atoms. The van der Waals surface area contributed by atoms with Crippen molar-refractivity contribution < 1.29 is 0 Å². The fourth-order valence-electron chi connectivity index (χ4n) is 3.30. The van der Waals surface area contributed by atoms with E-state index < -0.39 is 0 Å². The molecule has 1 atom stereocenters. The zero-order valence-corrected chi connectivity index (χ0v) is 12.1. The molecule has 0 spiro atoms. The van der Waals surface area contributed by atoms with Gasteiger partial charge in [0.1, 0.15) is 0 Å². The maximum absolute atomic E-state index is 6.02. The third-order valence-electron chi connectivity index (χ3n) is 4.22. The highest BCUT2D eigenvalue weighted by atomic mass is 15.2. The Bertz CT molecular complexity index is 185. The number of nitrogens with two attached hydrogens (primary N) is 1. The molecule has 0 aromatic rings. The molecule has 0 heterocycles. The number of hydrogen-bond donors (Lipinski definition) is 1. The molecular formula is C15H32N2. The zero-order valence-electron chi connectivity index (χ0n) is 12.1. The first-order chi connectivity index (χ1) is 8.19. The van der Waals surface area contributed by atoms with E-state index in [1.807, 2.05) is 0 Å². The maximum atomic E-state index is 6.02. The molecule has 2 heteroatoms. The number of rotatable bonds is 7. The minimum absolute atomic E-state index is 0.609. The molecular weight excluding hydrogens is 208 g/mol. The van der Waals surface area contributed by atoms with Crippen LogP contribution < -0.4 is 5.73 Å². The summed E-state index contributed by atoms with van der Waals surface area (Å²) in [5.41, 5.74) is 6.02. The van der Waals surface area contributed by atoms with Gasteiger partial charge in [0, 0.05) is 18.6 Å². The van der Waals surface area contributed by atoms with Gasteiger partial charge in [-0.25, -0.2) is 0 Å². The van der Waals surface area contributed by atoms with Gasteiger partial charge in [0.05, 0.1) is 0 Å². The zero-order chi connectivity index (χ0) is 12.7. The van der Waals surface area contributed by atoms with Gasteiger partial charge in [0.15, 0.2) is 0 Å². The Morgan fingerprint density at radius 2 is 1.82 bits per heavy atom. The van der Waals surface area contributed by atoms with E-state index in [9.17, 15) is 0 Å². The van der Waals surface area contributed by atoms with E-state index in [0.29, 0.717) is 12.1 Å². The van der Waals surface area contributed by atoms with Crippen LogP contribution in [0.4, 0.5) is 0 Å². The van der Waals surface area contributed by atoms with Gasteiger partial charge < -0.3 is 5.73 Å². The number of hydrogen-bond acceptors (Lipinski definition) is 2. The van der Waals surface area contributed by atoms with Crippen molar-refractivity contribution in [1.29, 1.82) is 0 Å². The molecule has 102 valence electrons. The Morgan fingerprint density at radius 1 is 1.18 bits per heavy atom. The lowest BCUT2D eigenvalue weighted by Gasteiger charge is -2.37. The van der Waals surface area contributed by atoms with Crippen molar-refractivity contribution in [3.05, 3.63) is 0 Å². The lowest BCUT2D eigenvalue weighted by Crippen LogP contribution is -2.46. The van der Waals surface area contributed by atoms with Crippen molar-refractivity contribution in [2.45, 2.75) is 77.8 Å². The fourth-order valence-corrected chi connectivity index (χ4v) is 3.30. The van der Waals surface area contributed by atoms with Crippen molar-refractivity contribution >= 4 is 0 Å². The standard InChI is InChI=1S/C15H32N2/c1-4-10-17(13(2)3)15(12-16)11-14-8-6-5-7-9-14/h13-15H,4-12,16H2,1-3H3. The monoisotopic (exact) mass is 240 g/mol. The Balaban J connectivity index is 2.48. The molecule has 1 saturated carbocycles. The molecule has 0 aromatic carbocycles. The van der Waals surface area contributed by atoms with Gasteiger partial charge in [0.2, 0.25) is 0 Å². The fraction of sp³-hybridized carbons (Fsp3) is 1.00. The second-order valence-electron chi connectivity index (χ2n) is 5.96. The third kappa shape index (κ3) is 4.97. The molecule has 0 aromatic heterocycles. The first-order valence-corrected chi connectivity index (χ1v) is 7.64. The van der Waals surface area contributed by atoms with Crippen LogP contribution in [-0.2, 0) is 0 Å². The molecule has 0 saturated heterocycles. The van der Waals surface area contributed by atoms with Crippen molar-refractivity contribution in [1.82, 2.24) is 4.90 Å². The summed E-state index contributed by atoms with van der Waals surface area (Å²) in [6, 6.07) is 1.24. The largest absolute Gasteiger partial charge is 0.329 e. The van der Waals surface area contributed by atoms with Gasteiger partial charge in [-0.3, -0.25) is 4.90 Å². The van der Waals surface area contributed by atoms with Gasteiger partial charge >= 0.3 is 0 Å². The molecule has 0 aliphatic heterocycles. The van der Waals surface area contributed by atoms with Gasteiger partial charge in [-0.2, -0.15) is 0 Å². The molecule has 2 nitrogen and oxygen atoms in total. The van der Waals surface area contributed by atoms with Crippen LogP contribution in [0.2, 0.25) is 0 Å². The molecule has 1 aliphatic carbocycles. The van der Waals surface area contributed by atoms with Crippen LogP contribution in [0.25, 0.3) is 0 Å². The second-order valence-corrected chi connectivity index (χ2v) is 5.96. The molecule has 1 aliphatic rings. The maximum Gasteiger partial charge on any atom is 0.0223 e. The third-order valence-corrected chi connectivity index (χ3v) is 4.22. The highest BCUT2D eigenvalue weighted by Gasteiger charge is 2.23. The minimum atomic E-state index is 0.609. The summed E-state index contributed by atoms with van der Waals surface area (Å²) >= 11 is 0. The first-order valence-electron chi connectivity index (χ1n) is 7.64. The predicted molar refractivity (Wildman–Crippen MR) is 76.2 cm³/mol. The highest BCUT2D eigenvalue weighted by Crippen LogP contribution is 2.28. The summed E-state index contributed by atoms with van der Waals surface area (Å²) in [5.74, 6) is 0.940. The summed E-state index contributed by atoms with van der Waals surface area (Å²) in [5, 5.41) is 0. The van der Waals surface area contributed by atoms with Crippen molar-refractivity contribution in [3.63, 3.8) is 0 Å². The summed E-state index contributed by atoms with van der Waals surface area (Å²) in [6.45, 7) is 8.91. The van der Waals surface area contributed by atoms with Crippen LogP contribution in [0.3, 0.4) is 0 Å². The first kappa shape index (κ1) is 15.0. The Hall–Kier alpha value is -0.0800. The van der Waals surface area contributed by atoms with Gasteiger partial charge in [-0.15, -0.1) is 0 Å². The summed E-state index contributed by atoms with van der Waals surface area (Å²) in [6.07, 6.45) is 9.78. The summed E-state index contributed by atoms with van der Waals surface area (Å²) in [4.78, 5) is 2.62. The molecule has 1 fully saturated rings. The Labute approximate surface area is 108 Å². The van der Waals surface area contributed by atoms with Crippen LogP contribution in [0, 0.1) is 5.92 Å². The lowest BCUT2D eigenvalue weighted by molar-refractivity contribution is 0.126. The molecule has 0 radical (unpaired) electrons. The lowest BCUT2D eigenvalue weighted by atomic mass is 9.84. The van der Waals surface area contributed by atoms with E-state index in [0.717, 1.165) is 12.5 Å². The van der Waals surface area contributed by atoms with Gasteiger partial charge in [0.25, 0.3) is 0 Å². The average molecular weight is 240 g/mol. The minimum Gasteiger partial charge on any atom is -0.329 e. The van der Waals surface area contributed by atoms with Crippen LogP contribution in [0.1, 0.15) is 65.7 Å². The Morgan fingerprint density at radius 3 is 2.29 bits per heavy atom. The van der Waals surface area contributed by atoms with E-state index in [1.165, 1.54) is 51.5 Å². The SMILES string of the molecule is CCCN(C(C)C)C(CN)CC1CCCCC1. The van der Waals surface area contributed by atoms with E-state index in [1.54, 1.807) is 0 Å². The van der Waals surface area contributed by atoms with E-state index in [-0.39, 0.29) is 0 Å². The van der Waals surface area contributed by atoms with Crippen molar-refractivity contribution in [2.24, 2.45) is 11.7 Å². The van der Waals surface area contributed by atoms with E-state index in [4.69, 9.17) is 5.73 Å². The van der Waals surface area contributed by atoms with Gasteiger partial charge in [-0.05, 0) is 39.2 Å². The van der Waals surface area contributed by atoms with E-state index in [2.05, 4.69) is 25.7 Å². The number of nitrogens with zero attached hydrogens (tertiary/aromatic N) is 1. The Kier molecular flexibility index (Phi) is 7.14. The quantitative estimate of drug-likeness (QED) is 0.739. The predicted octanol–water partition coefficient (Wildman–Crippen LogP) is 3.40. The van der Waals surface area contributed by atoms with Crippen LogP contribution >= 0.6 is 0 Å². The molecule has 1 unspecified atom stereocenters. The van der Waals surface area contributed by atoms with Gasteiger partial charge in [-0.1, -0.05) is 39.0 Å². The van der Waals surface area contributed by atoms with Crippen molar-refractivity contribution in [3.8, 4) is 0 Å². The normalized spacial score (nSPS) is 20.1. The molecule has 1 rings (SSSR count).